The number of carbonyl (C=O) groups is 1. The second kappa shape index (κ2) is 5.48. The number of rotatable bonds is 2. The van der Waals surface area contributed by atoms with Gasteiger partial charge in [0.1, 0.15) is 11.5 Å². The Morgan fingerprint density at radius 1 is 1.48 bits per heavy atom. The molecule has 0 radical (unpaired) electrons. The minimum atomic E-state index is -0.0952. The number of pyridine rings is 1. The molecule has 6 heteroatoms. The Balaban J connectivity index is 1.83. The molecule has 2 aromatic heterocycles. The predicted molar refractivity (Wildman–Crippen MR) is 78.3 cm³/mol. The zero-order valence-corrected chi connectivity index (χ0v) is 12.7. The first-order valence-electron chi connectivity index (χ1n) is 6.93. The summed E-state index contributed by atoms with van der Waals surface area (Å²) in [5, 5.41) is 0.372. The van der Waals surface area contributed by atoms with Crippen molar-refractivity contribution >= 4 is 17.5 Å². The third-order valence-electron chi connectivity index (χ3n) is 3.53. The van der Waals surface area contributed by atoms with Crippen LogP contribution in [0.15, 0.2) is 22.9 Å². The summed E-state index contributed by atoms with van der Waals surface area (Å²) in [5.41, 5.74) is 1.33. The van der Waals surface area contributed by atoms with E-state index in [0.717, 1.165) is 17.3 Å². The van der Waals surface area contributed by atoms with Gasteiger partial charge in [-0.25, -0.2) is 4.98 Å². The van der Waals surface area contributed by atoms with E-state index in [1.807, 2.05) is 13.8 Å². The SMILES string of the molecule is CC(C)c1nc2c(o1)CCN(C(=O)c1ccncc1Cl)C2. The van der Waals surface area contributed by atoms with Gasteiger partial charge in [0.25, 0.3) is 5.91 Å². The van der Waals surface area contributed by atoms with E-state index in [1.165, 1.54) is 6.20 Å². The third kappa shape index (κ3) is 2.65. The molecule has 0 saturated heterocycles. The highest BCUT2D eigenvalue weighted by Crippen LogP contribution is 2.25. The average Bonchev–Trinajstić information content (AvgIpc) is 2.90. The average molecular weight is 306 g/mol. The van der Waals surface area contributed by atoms with Gasteiger partial charge in [-0.2, -0.15) is 0 Å². The minimum Gasteiger partial charge on any atom is -0.445 e. The van der Waals surface area contributed by atoms with Crippen molar-refractivity contribution < 1.29 is 9.21 Å². The quantitative estimate of drug-likeness (QED) is 0.855. The van der Waals surface area contributed by atoms with Crippen LogP contribution in [0.5, 0.6) is 0 Å². The number of nitrogens with zero attached hydrogens (tertiary/aromatic N) is 3. The highest BCUT2D eigenvalue weighted by Gasteiger charge is 2.27. The summed E-state index contributed by atoms with van der Waals surface area (Å²) in [6.07, 6.45) is 3.74. The van der Waals surface area contributed by atoms with Gasteiger partial charge < -0.3 is 9.32 Å². The molecule has 0 aliphatic carbocycles. The van der Waals surface area contributed by atoms with Gasteiger partial charge in [-0.3, -0.25) is 9.78 Å². The number of halogens is 1. The van der Waals surface area contributed by atoms with E-state index in [-0.39, 0.29) is 11.8 Å². The number of carbonyl (C=O) groups excluding carboxylic acids is 1. The number of oxazole rings is 1. The van der Waals surface area contributed by atoms with Crippen molar-refractivity contribution in [3.8, 4) is 0 Å². The molecule has 0 spiro atoms. The molecule has 0 saturated carbocycles. The van der Waals surface area contributed by atoms with E-state index in [2.05, 4.69) is 9.97 Å². The van der Waals surface area contributed by atoms with Crippen LogP contribution in [0.3, 0.4) is 0 Å². The lowest BCUT2D eigenvalue weighted by Crippen LogP contribution is -2.36. The normalized spacial score (nSPS) is 14.4. The van der Waals surface area contributed by atoms with Gasteiger partial charge in [0.05, 0.1) is 17.1 Å². The summed E-state index contributed by atoms with van der Waals surface area (Å²) in [6, 6.07) is 1.64. The largest absolute Gasteiger partial charge is 0.445 e. The van der Waals surface area contributed by atoms with E-state index in [1.54, 1.807) is 17.2 Å². The van der Waals surface area contributed by atoms with Crippen LogP contribution in [0.25, 0.3) is 0 Å². The Morgan fingerprint density at radius 2 is 2.29 bits per heavy atom. The fourth-order valence-corrected chi connectivity index (χ4v) is 2.56. The summed E-state index contributed by atoms with van der Waals surface area (Å²) in [4.78, 5) is 22.7. The highest BCUT2D eigenvalue weighted by atomic mass is 35.5. The van der Waals surface area contributed by atoms with E-state index >= 15 is 0 Å². The molecule has 0 fully saturated rings. The van der Waals surface area contributed by atoms with Crippen LogP contribution < -0.4 is 0 Å². The van der Waals surface area contributed by atoms with Crippen molar-refractivity contribution in [1.82, 2.24) is 14.9 Å². The van der Waals surface area contributed by atoms with Crippen molar-refractivity contribution in [3.05, 3.63) is 46.4 Å². The number of aromatic nitrogens is 2. The summed E-state index contributed by atoms with van der Waals surface area (Å²) >= 11 is 6.04. The second-order valence-electron chi connectivity index (χ2n) is 5.41. The first kappa shape index (κ1) is 14.1. The second-order valence-corrected chi connectivity index (χ2v) is 5.82. The molecule has 110 valence electrons. The van der Waals surface area contributed by atoms with E-state index in [9.17, 15) is 4.79 Å². The third-order valence-corrected chi connectivity index (χ3v) is 3.83. The van der Waals surface area contributed by atoms with Crippen molar-refractivity contribution in [2.24, 2.45) is 0 Å². The Kier molecular flexibility index (Phi) is 3.68. The molecular weight excluding hydrogens is 290 g/mol. The smallest absolute Gasteiger partial charge is 0.255 e. The summed E-state index contributed by atoms with van der Waals surface area (Å²) in [7, 11) is 0. The number of hydrogen-bond acceptors (Lipinski definition) is 4. The van der Waals surface area contributed by atoms with E-state index in [0.29, 0.717) is 30.1 Å². The topological polar surface area (TPSA) is 59.2 Å². The molecule has 0 aromatic carbocycles. The maximum Gasteiger partial charge on any atom is 0.255 e. The monoisotopic (exact) mass is 305 g/mol. The van der Waals surface area contributed by atoms with Crippen molar-refractivity contribution in [3.63, 3.8) is 0 Å². The lowest BCUT2D eigenvalue weighted by Gasteiger charge is -2.25. The van der Waals surface area contributed by atoms with Crippen LogP contribution in [0.2, 0.25) is 5.02 Å². The summed E-state index contributed by atoms with van der Waals surface area (Å²) in [6.45, 7) is 5.15. The fraction of sp³-hybridized carbons (Fsp3) is 0.400. The zero-order chi connectivity index (χ0) is 15.0. The highest BCUT2D eigenvalue weighted by molar-refractivity contribution is 6.33. The van der Waals surface area contributed by atoms with Crippen LogP contribution in [0, 0.1) is 0 Å². The molecule has 1 aliphatic rings. The van der Waals surface area contributed by atoms with Gasteiger partial charge in [-0.1, -0.05) is 25.4 Å². The summed E-state index contributed by atoms with van der Waals surface area (Å²) in [5.74, 6) is 1.77. The molecule has 21 heavy (non-hydrogen) atoms. The molecule has 1 amide bonds. The molecule has 2 aromatic rings. The first-order chi connectivity index (χ1) is 10.1. The van der Waals surface area contributed by atoms with Gasteiger partial charge >= 0.3 is 0 Å². The number of fused-ring (bicyclic) bond motifs is 1. The zero-order valence-electron chi connectivity index (χ0n) is 12.0. The molecule has 0 unspecified atom stereocenters. The summed E-state index contributed by atoms with van der Waals surface area (Å²) < 4.78 is 5.74. The van der Waals surface area contributed by atoms with Crippen LogP contribution >= 0.6 is 11.6 Å². The van der Waals surface area contributed by atoms with E-state index < -0.39 is 0 Å². The molecular formula is C15H16ClN3O2. The number of hydrogen-bond donors (Lipinski definition) is 0. The first-order valence-corrected chi connectivity index (χ1v) is 7.31. The Morgan fingerprint density at radius 3 is 3.00 bits per heavy atom. The van der Waals surface area contributed by atoms with Gasteiger partial charge in [-0.15, -0.1) is 0 Å². The Hall–Kier alpha value is -1.88. The fourth-order valence-electron chi connectivity index (χ4n) is 2.36. The standard InChI is InChI=1S/C15H16ClN3O2/c1-9(2)14-18-12-8-19(6-4-13(12)21-14)15(20)10-3-5-17-7-11(10)16/h3,5,7,9H,4,6,8H2,1-2H3. The van der Waals surface area contributed by atoms with Gasteiger partial charge in [-0.05, 0) is 6.07 Å². The minimum absolute atomic E-state index is 0.0952. The number of amides is 1. The molecule has 0 N–H and O–H groups in total. The lowest BCUT2D eigenvalue weighted by molar-refractivity contribution is 0.0728. The molecule has 0 atom stereocenters. The molecule has 0 bridgehead atoms. The van der Waals surface area contributed by atoms with Gasteiger partial charge in [0.2, 0.25) is 0 Å². The molecule has 5 nitrogen and oxygen atoms in total. The van der Waals surface area contributed by atoms with Crippen molar-refractivity contribution in [1.29, 1.82) is 0 Å². The molecule has 3 heterocycles. The lowest BCUT2D eigenvalue weighted by atomic mass is 10.1. The Bertz CT molecular complexity index is 681. The van der Waals surface area contributed by atoms with E-state index in [4.69, 9.17) is 16.0 Å². The molecule has 3 rings (SSSR count). The van der Waals surface area contributed by atoms with Crippen LogP contribution in [0.4, 0.5) is 0 Å². The van der Waals surface area contributed by atoms with Crippen molar-refractivity contribution in [2.45, 2.75) is 32.7 Å². The maximum absolute atomic E-state index is 12.5. The van der Waals surface area contributed by atoms with Crippen molar-refractivity contribution in [2.75, 3.05) is 6.54 Å². The maximum atomic E-state index is 12.5. The van der Waals surface area contributed by atoms with Crippen LogP contribution in [-0.2, 0) is 13.0 Å². The van der Waals surface area contributed by atoms with Gasteiger partial charge in [0.15, 0.2) is 5.89 Å². The van der Waals surface area contributed by atoms with Gasteiger partial charge in [0, 0.05) is 31.3 Å². The van der Waals surface area contributed by atoms with Crippen LogP contribution in [0.1, 0.15) is 47.5 Å². The molecule has 1 aliphatic heterocycles. The predicted octanol–water partition coefficient (Wildman–Crippen LogP) is 3.04. The van der Waals surface area contributed by atoms with Crippen LogP contribution in [-0.4, -0.2) is 27.3 Å². The Labute approximate surface area is 127 Å².